The zero-order valence-electron chi connectivity index (χ0n) is 29.6. The van der Waals surface area contributed by atoms with Crippen molar-refractivity contribution >= 4 is 34.4 Å². The number of fused-ring (bicyclic) bond motifs is 5. The Morgan fingerprint density at radius 3 is 2.33 bits per heavy atom. The number of hydrogen-bond donors (Lipinski definition) is 1. The minimum atomic E-state index is -2.32. The van der Waals surface area contributed by atoms with Crippen LogP contribution in [0.2, 0.25) is 0 Å². The van der Waals surface area contributed by atoms with Gasteiger partial charge in [-0.2, -0.15) is 0 Å². The first-order chi connectivity index (χ1) is 23.0. The monoisotopic (exact) mass is 696 g/mol. The number of hydrogen-bond acceptors (Lipinski definition) is 7. The summed E-state index contributed by atoms with van der Waals surface area (Å²) >= 11 is 0.818. The molecule has 6 rings (SSSR count). The lowest BCUT2D eigenvalue weighted by Crippen LogP contribution is -2.70. The van der Waals surface area contributed by atoms with Crippen LogP contribution < -0.4 is 0 Å². The van der Waals surface area contributed by atoms with Gasteiger partial charge in [0.25, 0.3) is 0 Å². The van der Waals surface area contributed by atoms with Gasteiger partial charge in [0.1, 0.15) is 6.17 Å². The van der Waals surface area contributed by atoms with Crippen LogP contribution in [0.15, 0.2) is 35.9 Å². The first-order valence-corrected chi connectivity index (χ1v) is 18.9. The highest BCUT2D eigenvalue weighted by atomic mass is 32.2. The molecule has 0 saturated heterocycles. The van der Waals surface area contributed by atoms with Crippen LogP contribution in [0.25, 0.3) is 0 Å². The largest absolute Gasteiger partial charge is 0.449 e. The normalized spacial score (nSPS) is 38.7. The van der Waals surface area contributed by atoms with Gasteiger partial charge in [-0.05, 0) is 100 Å². The van der Waals surface area contributed by atoms with Gasteiger partial charge in [0.2, 0.25) is 5.12 Å². The van der Waals surface area contributed by atoms with E-state index in [1.54, 1.807) is 13.8 Å². The van der Waals surface area contributed by atoms with E-state index in [9.17, 15) is 24.3 Å². The van der Waals surface area contributed by atoms with Crippen molar-refractivity contribution in [1.82, 2.24) is 0 Å². The topological polar surface area (TPSA) is 97.7 Å². The fourth-order valence-corrected chi connectivity index (χ4v) is 12.1. The molecule has 4 saturated carbocycles. The lowest BCUT2D eigenvalue weighted by atomic mass is 9.44. The standard InChI is InChI=1S/C40H50F2O6S/c1-22-14-23(2)35(24(3)15-22)32(44)21-49-36(47)40(48-34(46)17-26-10-8-7-9-11-26)25(4)16-28-29-19-31(41)30-18-27(43)12-13-37(30,5)39(29,42)33(45)20-38(28,40)6/h12-15,18,25-26,28-29,31,33,45H,7-11,16-17,19-21H2,1-6H3/t25-,28+,29+,31+,33+,37+,38+,39+,40+/m1/s1. The van der Waals surface area contributed by atoms with Crippen LogP contribution in [0, 0.1) is 55.3 Å². The summed E-state index contributed by atoms with van der Waals surface area (Å²) in [5, 5.41) is 11.4. The van der Waals surface area contributed by atoms with Gasteiger partial charge in [0.15, 0.2) is 22.8 Å². The zero-order valence-corrected chi connectivity index (χ0v) is 30.4. The maximum absolute atomic E-state index is 17.9. The minimum Gasteiger partial charge on any atom is -0.449 e. The maximum atomic E-state index is 17.9. The summed E-state index contributed by atoms with van der Waals surface area (Å²) < 4.78 is 40.4. The van der Waals surface area contributed by atoms with Gasteiger partial charge in [-0.25, -0.2) is 8.78 Å². The molecule has 1 N–H and O–H groups in total. The number of alkyl halides is 2. The summed E-state index contributed by atoms with van der Waals surface area (Å²) in [5.41, 5.74) is -3.65. The molecule has 4 fully saturated rings. The Kier molecular flexibility index (Phi) is 9.47. The van der Waals surface area contributed by atoms with Crippen LogP contribution >= 0.6 is 11.8 Å². The molecule has 0 aromatic heterocycles. The molecule has 9 heteroatoms. The third-order valence-electron chi connectivity index (χ3n) is 13.2. The summed E-state index contributed by atoms with van der Waals surface area (Å²) in [4.78, 5) is 54.5. The highest BCUT2D eigenvalue weighted by molar-refractivity contribution is 8.14. The molecule has 266 valence electrons. The Bertz CT molecular complexity index is 1610. The fourth-order valence-electron chi connectivity index (χ4n) is 11.0. The Morgan fingerprint density at radius 1 is 1.02 bits per heavy atom. The van der Waals surface area contributed by atoms with E-state index in [2.05, 4.69) is 0 Å². The average molecular weight is 697 g/mol. The predicted octanol–water partition coefficient (Wildman–Crippen LogP) is 7.87. The Labute approximate surface area is 292 Å². The van der Waals surface area contributed by atoms with Crippen molar-refractivity contribution in [3.63, 3.8) is 0 Å². The summed E-state index contributed by atoms with van der Waals surface area (Å²) in [6.07, 6.45) is 5.47. The third-order valence-corrected chi connectivity index (χ3v) is 14.2. The summed E-state index contributed by atoms with van der Waals surface area (Å²) in [6, 6.07) is 3.86. The van der Waals surface area contributed by atoms with Crippen molar-refractivity contribution < 1.29 is 37.8 Å². The molecule has 0 heterocycles. The SMILES string of the molecule is Cc1cc(C)c(C(=O)CSC(=O)[C@@]2(OC(=O)CC3CCCCC3)[C@H](C)C[C@H]3[C@@H]4C[C@H](F)C5=CC(=O)C=C[C@]5(C)[C@@]4(F)[C@@H](O)C[C@@]32C)c(C)c1. The molecular formula is C40H50F2O6S. The number of benzene rings is 1. The summed E-state index contributed by atoms with van der Waals surface area (Å²) in [7, 11) is 0. The fraction of sp³-hybridized carbons (Fsp3) is 0.650. The molecule has 0 amide bonds. The summed E-state index contributed by atoms with van der Waals surface area (Å²) in [6.45, 7) is 10.8. The number of ketones is 2. The van der Waals surface area contributed by atoms with Gasteiger partial charge in [0.05, 0.1) is 11.9 Å². The van der Waals surface area contributed by atoms with Crippen LogP contribution in [0.5, 0.6) is 0 Å². The number of allylic oxidation sites excluding steroid dienone is 4. The molecule has 1 aromatic carbocycles. The molecule has 6 nitrogen and oxygen atoms in total. The van der Waals surface area contributed by atoms with E-state index < -0.39 is 69.0 Å². The van der Waals surface area contributed by atoms with Crippen molar-refractivity contribution in [2.75, 3.05) is 5.75 Å². The van der Waals surface area contributed by atoms with Gasteiger partial charge in [-0.1, -0.05) is 68.6 Å². The quantitative estimate of drug-likeness (QED) is 0.229. The molecule has 1 aromatic rings. The summed E-state index contributed by atoms with van der Waals surface area (Å²) in [5.74, 6) is -3.39. The van der Waals surface area contributed by atoms with Crippen LogP contribution in [0.1, 0.15) is 106 Å². The number of rotatable bonds is 7. The zero-order chi connectivity index (χ0) is 35.7. The van der Waals surface area contributed by atoms with E-state index in [4.69, 9.17) is 4.74 Å². The lowest BCUT2D eigenvalue weighted by molar-refractivity contribution is -0.229. The Hall–Kier alpha value is -2.65. The van der Waals surface area contributed by atoms with Gasteiger partial charge in [-0.15, -0.1) is 0 Å². The predicted molar refractivity (Wildman–Crippen MR) is 186 cm³/mol. The highest BCUT2D eigenvalue weighted by Gasteiger charge is 2.78. The van der Waals surface area contributed by atoms with Gasteiger partial charge in [-0.3, -0.25) is 19.2 Å². The first-order valence-electron chi connectivity index (χ1n) is 18.0. The number of esters is 1. The van der Waals surface area contributed by atoms with Crippen LogP contribution in [0.3, 0.4) is 0 Å². The average Bonchev–Trinajstić information content (AvgIpc) is 3.24. The molecule has 0 unspecified atom stereocenters. The Balaban J connectivity index is 1.37. The molecule has 0 bridgehead atoms. The van der Waals surface area contributed by atoms with Crippen molar-refractivity contribution in [3.8, 4) is 0 Å². The number of halogens is 2. The lowest BCUT2D eigenvalue weighted by Gasteiger charge is -2.63. The number of carbonyl (C=O) groups excluding carboxylic acids is 4. The second kappa shape index (κ2) is 12.8. The van der Waals surface area contributed by atoms with Crippen LogP contribution in [-0.2, 0) is 19.1 Å². The van der Waals surface area contributed by atoms with E-state index >= 15 is 8.78 Å². The smallest absolute Gasteiger partial charge is 0.307 e. The second-order valence-electron chi connectivity index (χ2n) is 16.2. The highest BCUT2D eigenvalue weighted by Crippen LogP contribution is 2.72. The number of Topliss-reactive ketones (excluding diaryl/α,β-unsaturated/α-hetero) is 1. The third kappa shape index (κ3) is 5.51. The van der Waals surface area contributed by atoms with Gasteiger partial charge >= 0.3 is 5.97 Å². The number of aryl methyl sites for hydroxylation is 3. The van der Waals surface area contributed by atoms with Crippen molar-refractivity contribution in [2.24, 2.45) is 34.5 Å². The number of thioether (sulfide) groups is 1. The molecule has 0 radical (unpaired) electrons. The van der Waals surface area contributed by atoms with E-state index in [1.165, 1.54) is 12.2 Å². The molecule has 5 aliphatic rings. The van der Waals surface area contributed by atoms with E-state index in [0.29, 0.717) is 5.56 Å². The van der Waals surface area contributed by atoms with Crippen LogP contribution in [0.4, 0.5) is 8.78 Å². The number of ether oxygens (including phenoxy) is 1. The minimum absolute atomic E-state index is 0.0319. The second-order valence-corrected chi connectivity index (χ2v) is 17.1. The van der Waals surface area contributed by atoms with Crippen molar-refractivity contribution in [1.29, 1.82) is 0 Å². The van der Waals surface area contributed by atoms with Gasteiger partial charge in [0, 0.05) is 34.7 Å². The van der Waals surface area contributed by atoms with Crippen molar-refractivity contribution in [2.45, 2.75) is 123 Å². The van der Waals surface area contributed by atoms with Crippen LogP contribution in [-0.4, -0.2) is 57.1 Å². The number of aliphatic hydroxyl groups is 1. The van der Waals surface area contributed by atoms with E-state index in [0.717, 1.165) is 66.6 Å². The van der Waals surface area contributed by atoms with E-state index in [1.807, 2.05) is 39.8 Å². The molecule has 5 aliphatic carbocycles. The Morgan fingerprint density at radius 2 is 1.67 bits per heavy atom. The van der Waals surface area contributed by atoms with E-state index in [-0.39, 0.29) is 48.7 Å². The maximum Gasteiger partial charge on any atom is 0.307 e. The number of carbonyl (C=O) groups is 4. The first kappa shape index (κ1) is 36.2. The molecular weight excluding hydrogens is 646 g/mol. The number of aliphatic hydroxyl groups excluding tert-OH is 1. The molecule has 9 atom stereocenters. The van der Waals surface area contributed by atoms with Crippen molar-refractivity contribution in [3.05, 3.63) is 58.2 Å². The molecule has 0 spiro atoms. The molecule has 49 heavy (non-hydrogen) atoms. The molecule has 0 aliphatic heterocycles. The van der Waals surface area contributed by atoms with Gasteiger partial charge < -0.3 is 9.84 Å².